The number of esters is 1. The zero-order valence-electron chi connectivity index (χ0n) is 8.87. The quantitative estimate of drug-likeness (QED) is 0.497. The van der Waals surface area contributed by atoms with Crippen molar-refractivity contribution >= 4 is 5.97 Å². The standard InChI is InChI=1S/C11H19NO2/c1-3-5-8-14-11(13)10-6-7-12(4-2)9-10/h4,10H,2-3,5-9H2,1H3. The van der Waals surface area contributed by atoms with Crippen LogP contribution in [0.2, 0.25) is 0 Å². The average molecular weight is 197 g/mol. The summed E-state index contributed by atoms with van der Waals surface area (Å²) < 4.78 is 5.16. The van der Waals surface area contributed by atoms with E-state index in [0.29, 0.717) is 6.61 Å². The van der Waals surface area contributed by atoms with Crippen molar-refractivity contribution in [2.75, 3.05) is 19.7 Å². The summed E-state index contributed by atoms with van der Waals surface area (Å²) in [7, 11) is 0. The second kappa shape index (κ2) is 5.68. The lowest BCUT2D eigenvalue weighted by molar-refractivity contribution is -0.148. The van der Waals surface area contributed by atoms with Crippen LogP contribution in [-0.4, -0.2) is 30.6 Å². The number of rotatable bonds is 5. The van der Waals surface area contributed by atoms with Gasteiger partial charge >= 0.3 is 5.97 Å². The fourth-order valence-corrected chi connectivity index (χ4v) is 1.58. The monoisotopic (exact) mass is 197 g/mol. The van der Waals surface area contributed by atoms with Gasteiger partial charge in [0, 0.05) is 13.1 Å². The second-order valence-corrected chi connectivity index (χ2v) is 3.68. The van der Waals surface area contributed by atoms with Gasteiger partial charge in [0.1, 0.15) is 0 Å². The van der Waals surface area contributed by atoms with Gasteiger partial charge in [-0.05, 0) is 19.0 Å². The Hall–Kier alpha value is -0.990. The zero-order chi connectivity index (χ0) is 10.4. The molecule has 0 amide bonds. The van der Waals surface area contributed by atoms with Gasteiger partial charge in [0.15, 0.2) is 0 Å². The van der Waals surface area contributed by atoms with Gasteiger partial charge in [-0.2, -0.15) is 0 Å². The van der Waals surface area contributed by atoms with Crippen molar-refractivity contribution in [3.8, 4) is 0 Å². The van der Waals surface area contributed by atoms with E-state index in [1.54, 1.807) is 6.20 Å². The summed E-state index contributed by atoms with van der Waals surface area (Å²) in [6.45, 7) is 8.04. The smallest absolute Gasteiger partial charge is 0.310 e. The Morgan fingerprint density at radius 3 is 3.07 bits per heavy atom. The lowest BCUT2D eigenvalue weighted by Crippen LogP contribution is -2.21. The summed E-state index contributed by atoms with van der Waals surface area (Å²) >= 11 is 0. The lowest BCUT2D eigenvalue weighted by Gasteiger charge is -2.11. The minimum atomic E-state index is -0.0391. The summed E-state index contributed by atoms with van der Waals surface area (Å²) in [4.78, 5) is 13.6. The first kappa shape index (κ1) is 11.1. The number of likely N-dealkylation sites (tertiary alicyclic amines) is 1. The molecule has 0 N–H and O–H groups in total. The third-order valence-electron chi connectivity index (χ3n) is 2.55. The number of hydrogen-bond acceptors (Lipinski definition) is 3. The highest BCUT2D eigenvalue weighted by molar-refractivity contribution is 5.73. The molecule has 1 rings (SSSR count). The van der Waals surface area contributed by atoms with Gasteiger partial charge in [-0.15, -0.1) is 0 Å². The van der Waals surface area contributed by atoms with E-state index < -0.39 is 0 Å². The maximum atomic E-state index is 11.5. The van der Waals surface area contributed by atoms with Gasteiger partial charge in [0.05, 0.1) is 12.5 Å². The Bertz CT molecular complexity index is 203. The molecular weight excluding hydrogens is 178 g/mol. The van der Waals surface area contributed by atoms with Crippen LogP contribution in [0.5, 0.6) is 0 Å². The Labute approximate surface area is 85.7 Å². The number of carbonyl (C=O) groups is 1. The molecule has 1 aliphatic rings. The minimum Gasteiger partial charge on any atom is -0.465 e. The molecule has 0 spiro atoms. The van der Waals surface area contributed by atoms with E-state index in [1.807, 2.05) is 0 Å². The molecule has 14 heavy (non-hydrogen) atoms. The van der Waals surface area contributed by atoms with Crippen molar-refractivity contribution in [3.05, 3.63) is 12.8 Å². The van der Waals surface area contributed by atoms with Gasteiger partial charge in [0.2, 0.25) is 0 Å². The van der Waals surface area contributed by atoms with Crippen molar-refractivity contribution in [1.29, 1.82) is 0 Å². The molecule has 0 saturated carbocycles. The molecule has 0 aromatic rings. The molecular formula is C11H19NO2. The SMILES string of the molecule is C=CN1CCC(C(=O)OCCCC)C1. The summed E-state index contributed by atoms with van der Waals surface area (Å²) in [5.74, 6) is 0.0210. The molecule has 0 aliphatic carbocycles. The number of ether oxygens (including phenoxy) is 1. The number of nitrogens with zero attached hydrogens (tertiary/aromatic N) is 1. The molecule has 1 aliphatic heterocycles. The summed E-state index contributed by atoms with van der Waals surface area (Å²) in [6.07, 6.45) is 4.72. The van der Waals surface area contributed by atoms with Crippen LogP contribution in [0.3, 0.4) is 0 Å². The van der Waals surface area contributed by atoms with E-state index in [1.165, 1.54) is 0 Å². The Balaban J connectivity index is 2.21. The van der Waals surface area contributed by atoms with Gasteiger partial charge in [-0.1, -0.05) is 19.9 Å². The first-order valence-electron chi connectivity index (χ1n) is 5.31. The molecule has 0 aromatic carbocycles. The van der Waals surface area contributed by atoms with Crippen LogP contribution in [0.25, 0.3) is 0 Å². The fourth-order valence-electron chi connectivity index (χ4n) is 1.58. The Kier molecular flexibility index (Phi) is 4.50. The van der Waals surface area contributed by atoms with Crippen LogP contribution in [0.1, 0.15) is 26.2 Å². The van der Waals surface area contributed by atoms with E-state index in [4.69, 9.17) is 4.74 Å². The summed E-state index contributed by atoms with van der Waals surface area (Å²) in [6, 6.07) is 0. The highest BCUT2D eigenvalue weighted by atomic mass is 16.5. The molecule has 80 valence electrons. The molecule has 0 bridgehead atoms. The van der Waals surface area contributed by atoms with Crippen LogP contribution in [0.15, 0.2) is 12.8 Å². The number of unbranched alkanes of at least 4 members (excludes halogenated alkanes) is 1. The van der Waals surface area contributed by atoms with Crippen LogP contribution < -0.4 is 0 Å². The van der Waals surface area contributed by atoms with Crippen molar-refractivity contribution in [2.24, 2.45) is 5.92 Å². The van der Waals surface area contributed by atoms with Crippen LogP contribution in [0, 0.1) is 5.92 Å². The largest absolute Gasteiger partial charge is 0.465 e. The van der Waals surface area contributed by atoms with Gasteiger partial charge in [-0.3, -0.25) is 4.79 Å². The van der Waals surface area contributed by atoms with Gasteiger partial charge in [0.25, 0.3) is 0 Å². The molecule has 3 heteroatoms. The molecule has 1 heterocycles. The van der Waals surface area contributed by atoms with E-state index in [9.17, 15) is 4.79 Å². The maximum Gasteiger partial charge on any atom is 0.310 e. The topological polar surface area (TPSA) is 29.5 Å². The highest BCUT2D eigenvalue weighted by Gasteiger charge is 2.27. The summed E-state index contributed by atoms with van der Waals surface area (Å²) in [5.41, 5.74) is 0. The predicted molar refractivity (Wildman–Crippen MR) is 55.7 cm³/mol. The van der Waals surface area contributed by atoms with E-state index in [0.717, 1.165) is 32.4 Å². The fraction of sp³-hybridized carbons (Fsp3) is 0.727. The molecule has 3 nitrogen and oxygen atoms in total. The summed E-state index contributed by atoms with van der Waals surface area (Å²) in [5, 5.41) is 0. The van der Waals surface area contributed by atoms with E-state index in [2.05, 4.69) is 18.4 Å². The first-order valence-corrected chi connectivity index (χ1v) is 5.31. The van der Waals surface area contributed by atoms with Crippen molar-refractivity contribution < 1.29 is 9.53 Å². The molecule has 1 saturated heterocycles. The molecule has 0 radical (unpaired) electrons. The molecule has 0 aromatic heterocycles. The van der Waals surface area contributed by atoms with Crippen molar-refractivity contribution in [1.82, 2.24) is 4.90 Å². The zero-order valence-corrected chi connectivity index (χ0v) is 8.87. The lowest BCUT2D eigenvalue weighted by atomic mass is 10.1. The average Bonchev–Trinajstić information content (AvgIpc) is 2.66. The molecule has 1 unspecified atom stereocenters. The third-order valence-corrected chi connectivity index (χ3v) is 2.55. The van der Waals surface area contributed by atoms with Crippen LogP contribution in [0.4, 0.5) is 0 Å². The number of carbonyl (C=O) groups excluding carboxylic acids is 1. The van der Waals surface area contributed by atoms with Crippen LogP contribution in [-0.2, 0) is 9.53 Å². The highest BCUT2D eigenvalue weighted by Crippen LogP contribution is 2.17. The first-order chi connectivity index (χ1) is 6.77. The minimum absolute atomic E-state index is 0.0391. The second-order valence-electron chi connectivity index (χ2n) is 3.68. The van der Waals surface area contributed by atoms with Gasteiger partial charge < -0.3 is 9.64 Å². The molecule has 1 fully saturated rings. The van der Waals surface area contributed by atoms with Crippen molar-refractivity contribution in [2.45, 2.75) is 26.2 Å². The number of hydrogen-bond donors (Lipinski definition) is 0. The normalized spacial score (nSPS) is 20.9. The van der Waals surface area contributed by atoms with E-state index >= 15 is 0 Å². The molecule has 1 atom stereocenters. The Morgan fingerprint density at radius 1 is 1.71 bits per heavy atom. The van der Waals surface area contributed by atoms with Crippen LogP contribution >= 0.6 is 0 Å². The van der Waals surface area contributed by atoms with Crippen molar-refractivity contribution in [3.63, 3.8) is 0 Å². The maximum absolute atomic E-state index is 11.5. The Morgan fingerprint density at radius 2 is 2.50 bits per heavy atom. The van der Waals surface area contributed by atoms with E-state index in [-0.39, 0.29) is 11.9 Å². The third kappa shape index (κ3) is 3.05. The van der Waals surface area contributed by atoms with Gasteiger partial charge in [-0.25, -0.2) is 0 Å². The predicted octanol–water partition coefficient (Wildman–Crippen LogP) is 1.80.